The van der Waals surface area contributed by atoms with E-state index in [-0.39, 0.29) is 10.8 Å². The Bertz CT molecular complexity index is 304. The van der Waals surface area contributed by atoms with Gasteiger partial charge < -0.3 is 5.11 Å². The average Bonchev–Trinajstić information content (AvgIpc) is 2.24. The van der Waals surface area contributed by atoms with Crippen LogP contribution in [0.25, 0.3) is 0 Å². The molecule has 1 atom stereocenters. The van der Waals surface area contributed by atoms with Gasteiger partial charge in [-0.2, -0.15) is 0 Å². The topological polar surface area (TPSA) is 23.5 Å². The van der Waals surface area contributed by atoms with Gasteiger partial charge in [-0.3, -0.25) is 4.90 Å². The molecule has 1 aliphatic heterocycles. The molecule has 17 heavy (non-hydrogen) atoms. The Morgan fingerprint density at radius 1 is 1.06 bits per heavy atom. The van der Waals surface area contributed by atoms with Gasteiger partial charge in [0, 0.05) is 6.54 Å². The van der Waals surface area contributed by atoms with Crippen molar-refractivity contribution in [2.75, 3.05) is 13.6 Å². The van der Waals surface area contributed by atoms with E-state index < -0.39 is 6.23 Å². The number of rotatable bonds is 0. The molecule has 0 spiro atoms. The van der Waals surface area contributed by atoms with Crippen molar-refractivity contribution in [1.82, 2.24) is 4.90 Å². The fraction of sp³-hybridized carbons (Fsp3) is 0.867. The molecular weight excluding hydrogens is 210 g/mol. The molecule has 2 heteroatoms. The lowest BCUT2D eigenvalue weighted by Gasteiger charge is -2.36. The zero-order chi connectivity index (χ0) is 13.4. The number of aliphatic hydroxyl groups excluding tert-OH is 1. The van der Waals surface area contributed by atoms with Crippen LogP contribution in [-0.4, -0.2) is 29.8 Å². The molecule has 0 fully saturated rings. The van der Waals surface area contributed by atoms with Gasteiger partial charge in [-0.1, -0.05) is 47.1 Å². The van der Waals surface area contributed by atoms with Gasteiger partial charge in [0.15, 0.2) is 0 Å². The third-order valence-electron chi connectivity index (χ3n) is 3.65. The van der Waals surface area contributed by atoms with Crippen LogP contribution < -0.4 is 0 Å². The maximum absolute atomic E-state index is 10.6. The minimum Gasteiger partial charge on any atom is -0.374 e. The fourth-order valence-electron chi connectivity index (χ4n) is 2.76. The Kier molecular flexibility index (Phi) is 4.10. The van der Waals surface area contributed by atoms with Crippen LogP contribution in [0.4, 0.5) is 0 Å². The van der Waals surface area contributed by atoms with Crippen molar-refractivity contribution in [3.8, 4) is 0 Å². The van der Waals surface area contributed by atoms with Gasteiger partial charge >= 0.3 is 0 Å². The molecule has 0 amide bonds. The number of allylic oxidation sites excluding steroid dienone is 1. The molecule has 0 aromatic rings. The Morgan fingerprint density at radius 2 is 1.59 bits per heavy atom. The molecule has 1 N–H and O–H groups in total. The molecule has 1 unspecified atom stereocenters. The Balaban J connectivity index is 3.34. The molecule has 1 aliphatic rings. The summed E-state index contributed by atoms with van der Waals surface area (Å²) in [5, 5.41) is 10.6. The van der Waals surface area contributed by atoms with Crippen molar-refractivity contribution in [3.05, 3.63) is 11.1 Å². The van der Waals surface area contributed by atoms with Crippen LogP contribution in [0.1, 0.15) is 54.4 Å². The van der Waals surface area contributed by atoms with Crippen LogP contribution in [0.2, 0.25) is 0 Å². The Hall–Kier alpha value is -0.340. The van der Waals surface area contributed by atoms with E-state index in [1.807, 2.05) is 7.05 Å². The molecule has 0 saturated heterocycles. The maximum Gasteiger partial charge on any atom is 0.130 e. The molecule has 0 saturated carbocycles. The smallest absolute Gasteiger partial charge is 0.130 e. The van der Waals surface area contributed by atoms with E-state index in [4.69, 9.17) is 0 Å². The standard InChI is InChI=1S/C15H29NO/c1-14(2,3)11-9-8-10-16(7)13(17)12(11)15(4,5)6/h13,17H,8-10H2,1-7H3. The van der Waals surface area contributed by atoms with Crippen molar-refractivity contribution in [2.24, 2.45) is 10.8 Å². The lowest BCUT2D eigenvalue weighted by atomic mass is 9.73. The predicted molar refractivity (Wildman–Crippen MR) is 73.8 cm³/mol. The second-order valence-corrected chi connectivity index (χ2v) is 7.35. The van der Waals surface area contributed by atoms with Crippen LogP contribution in [0.5, 0.6) is 0 Å². The van der Waals surface area contributed by atoms with E-state index in [0.29, 0.717) is 0 Å². The number of nitrogens with zero attached hydrogens (tertiary/aromatic N) is 1. The molecule has 1 heterocycles. The van der Waals surface area contributed by atoms with E-state index >= 15 is 0 Å². The van der Waals surface area contributed by atoms with Gasteiger partial charge in [-0.15, -0.1) is 0 Å². The number of aliphatic hydroxyl groups is 1. The van der Waals surface area contributed by atoms with E-state index in [1.54, 1.807) is 0 Å². The minimum absolute atomic E-state index is 0.0284. The highest BCUT2D eigenvalue weighted by Crippen LogP contribution is 2.42. The highest BCUT2D eigenvalue weighted by molar-refractivity contribution is 5.28. The monoisotopic (exact) mass is 239 g/mol. The maximum atomic E-state index is 10.6. The number of hydrogen-bond donors (Lipinski definition) is 1. The Morgan fingerprint density at radius 3 is 2.00 bits per heavy atom. The molecule has 0 aliphatic carbocycles. The van der Waals surface area contributed by atoms with Crippen LogP contribution in [0.3, 0.4) is 0 Å². The highest BCUT2D eigenvalue weighted by Gasteiger charge is 2.35. The molecule has 0 aromatic heterocycles. The lowest BCUT2D eigenvalue weighted by Crippen LogP contribution is -2.37. The molecular formula is C15H29NO. The van der Waals surface area contributed by atoms with Crippen molar-refractivity contribution in [2.45, 2.75) is 60.6 Å². The van der Waals surface area contributed by atoms with E-state index in [9.17, 15) is 5.11 Å². The molecule has 100 valence electrons. The molecule has 0 aromatic carbocycles. The Labute approximate surface area is 107 Å². The molecule has 0 radical (unpaired) electrons. The summed E-state index contributed by atoms with van der Waals surface area (Å²) in [6.45, 7) is 14.4. The third kappa shape index (κ3) is 3.32. The summed E-state index contributed by atoms with van der Waals surface area (Å²) >= 11 is 0. The first-order valence-electron chi connectivity index (χ1n) is 6.67. The summed E-state index contributed by atoms with van der Waals surface area (Å²) in [4.78, 5) is 2.07. The van der Waals surface area contributed by atoms with E-state index in [2.05, 4.69) is 46.4 Å². The van der Waals surface area contributed by atoms with Crippen LogP contribution in [0, 0.1) is 10.8 Å². The first kappa shape index (κ1) is 14.7. The summed E-state index contributed by atoms with van der Waals surface area (Å²) in [6, 6.07) is 0. The van der Waals surface area contributed by atoms with Crippen LogP contribution >= 0.6 is 0 Å². The summed E-state index contributed by atoms with van der Waals surface area (Å²) in [5.74, 6) is 0. The second kappa shape index (κ2) is 4.74. The normalized spacial score (nSPS) is 25.1. The fourth-order valence-corrected chi connectivity index (χ4v) is 2.76. The first-order valence-corrected chi connectivity index (χ1v) is 6.67. The van der Waals surface area contributed by atoms with Crippen LogP contribution in [-0.2, 0) is 0 Å². The van der Waals surface area contributed by atoms with Gasteiger partial charge in [0.2, 0.25) is 0 Å². The third-order valence-corrected chi connectivity index (χ3v) is 3.65. The first-order chi connectivity index (χ1) is 7.55. The van der Waals surface area contributed by atoms with Crippen molar-refractivity contribution in [3.63, 3.8) is 0 Å². The SMILES string of the molecule is CN1CCCC(C(C)(C)C)=C(C(C)(C)C)C1O. The largest absolute Gasteiger partial charge is 0.374 e. The van der Waals surface area contributed by atoms with Crippen LogP contribution in [0.15, 0.2) is 11.1 Å². The lowest BCUT2D eigenvalue weighted by molar-refractivity contribution is 0.0406. The summed E-state index contributed by atoms with van der Waals surface area (Å²) in [5.41, 5.74) is 2.85. The predicted octanol–water partition coefficient (Wildman–Crippen LogP) is 3.42. The van der Waals surface area contributed by atoms with Crippen molar-refractivity contribution < 1.29 is 5.11 Å². The quantitative estimate of drug-likeness (QED) is 0.655. The van der Waals surface area contributed by atoms with Gasteiger partial charge in [-0.25, -0.2) is 0 Å². The van der Waals surface area contributed by atoms with Gasteiger partial charge in [-0.05, 0) is 36.3 Å². The van der Waals surface area contributed by atoms with E-state index in [0.717, 1.165) is 19.4 Å². The number of likely N-dealkylation sites (N-methyl/N-ethyl adjacent to an activating group) is 1. The van der Waals surface area contributed by atoms with Gasteiger partial charge in [0.25, 0.3) is 0 Å². The minimum atomic E-state index is -0.424. The number of hydrogen-bond acceptors (Lipinski definition) is 2. The zero-order valence-corrected chi connectivity index (χ0v) is 12.6. The zero-order valence-electron chi connectivity index (χ0n) is 12.6. The summed E-state index contributed by atoms with van der Waals surface area (Å²) in [6.07, 6.45) is 1.82. The molecule has 0 bridgehead atoms. The van der Waals surface area contributed by atoms with Crippen molar-refractivity contribution in [1.29, 1.82) is 0 Å². The highest BCUT2D eigenvalue weighted by atomic mass is 16.3. The van der Waals surface area contributed by atoms with Gasteiger partial charge in [0.1, 0.15) is 6.23 Å². The summed E-state index contributed by atoms with van der Waals surface area (Å²) in [7, 11) is 2.02. The molecule has 2 nitrogen and oxygen atoms in total. The summed E-state index contributed by atoms with van der Waals surface area (Å²) < 4.78 is 0. The molecule has 1 rings (SSSR count). The van der Waals surface area contributed by atoms with Gasteiger partial charge in [0.05, 0.1) is 0 Å². The van der Waals surface area contributed by atoms with E-state index in [1.165, 1.54) is 11.1 Å². The average molecular weight is 239 g/mol. The van der Waals surface area contributed by atoms with Crippen molar-refractivity contribution >= 4 is 0 Å². The second-order valence-electron chi connectivity index (χ2n) is 7.35.